The van der Waals surface area contributed by atoms with Gasteiger partial charge in [-0.2, -0.15) is 10.5 Å². The van der Waals surface area contributed by atoms with E-state index in [9.17, 15) is 16.8 Å². The Morgan fingerprint density at radius 2 is 1.28 bits per heavy atom. The molecule has 0 amide bonds. The van der Waals surface area contributed by atoms with Gasteiger partial charge in [0.15, 0.2) is 19.7 Å². The zero-order chi connectivity index (χ0) is 13.8. The van der Waals surface area contributed by atoms with E-state index < -0.39 is 31.2 Å². The lowest BCUT2D eigenvalue weighted by molar-refractivity contribution is 0.597. The SMILES string of the molecule is N#CCS(=O)(=O)c1cccc(S(=O)(=O)CC#N)c1. The highest BCUT2D eigenvalue weighted by atomic mass is 32.2. The minimum absolute atomic E-state index is 0.247. The molecule has 94 valence electrons. The van der Waals surface area contributed by atoms with Crippen LogP contribution in [0.3, 0.4) is 0 Å². The van der Waals surface area contributed by atoms with Gasteiger partial charge in [-0.25, -0.2) is 16.8 Å². The van der Waals surface area contributed by atoms with Gasteiger partial charge in [-0.15, -0.1) is 0 Å². The molecule has 1 aromatic rings. The fourth-order valence-electron chi connectivity index (χ4n) is 1.20. The summed E-state index contributed by atoms with van der Waals surface area (Å²) in [4.78, 5) is -0.494. The van der Waals surface area contributed by atoms with Crippen molar-refractivity contribution in [1.29, 1.82) is 10.5 Å². The van der Waals surface area contributed by atoms with Crippen molar-refractivity contribution in [2.24, 2.45) is 0 Å². The van der Waals surface area contributed by atoms with Gasteiger partial charge in [-0.3, -0.25) is 0 Å². The van der Waals surface area contributed by atoms with Crippen LogP contribution in [0.15, 0.2) is 34.1 Å². The van der Waals surface area contributed by atoms with Crippen molar-refractivity contribution in [3.8, 4) is 12.1 Å². The van der Waals surface area contributed by atoms with Crippen molar-refractivity contribution < 1.29 is 16.8 Å². The van der Waals surface area contributed by atoms with Gasteiger partial charge < -0.3 is 0 Å². The molecule has 0 radical (unpaired) electrons. The number of nitrogens with zero attached hydrogens (tertiary/aromatic N) is 2. The molecular weight excluding hydrogens is 276 g/mol. The van der Waals surface area contributed by atoms with Gasteiger partial charge in [0, 0.05) is 0 Å². The predicted molar refractivity (Wildman–Crippen MR) is 61.8 cm³/mol. The minimum Gasteiger partial charge on any atom is -0.223 e. The van der Waals surface area contributed by atoms with Crippen LogP contribution in [0.5, 0.6) is 0 Å². The maximum atomic E-state index is 11.6. The van der Waals surface area contributed by atoms with E-state index in [-0.39, 0.29) is 9.79 Å². The third kappa shape index (κ3) is 3.06. The molecule has 0 N–H and O–H groups in total. The van der Waals surface area contributed by atoms with Crippen molar-refractivity contribution in [2.75, 3.05) is 11.5 Å². The van der Waals surface area contributed by atoms with Crippen LogP contribution in [-0.2, 0) is 19.7 Å². The van der Waals surface area contributed by atoms with Crippen molar-refractivity contribution in [1.82, 2.24) is 0 Å². The van der Waals surface area contributed by atoms with Crippen LogP contribution in [-0.4, -0.2) is 28.3 Å². The number of sulfone groups is 2. The molecule has 0 saturated carbocycles. The van der Waals surface area contributed by atoms with Crippen LogP contribution in [0.2, 0.25) is 0 Å². The Balaban J connectivity index is 3.34. The first-order valence-corrected chi connectivity index (χ1v) is 7.93. The second-order valence-corrected chi connectivity index (χ2v) is 7.29. The van der Waals surface area contributed by atoms with Gasteiger partial charge in [-0.05, 0) is 18.2 Å². The third-order valence-electron chi connectivity index (χ3n) is 2.03. The lowest BCUT2D eigenvalue weighted by Crippen LogP contribution is -2.09. The fourth-order valence-corrected chi connectivity index (χ4v) is 3.13. The lowest BCUT2D eigenvalue weighted by Gasteiger charge is -2.03. The molecule has 1 aromatic carbocycles. The maximum absolute atomic E-state index is 11.6. The minimum atomic E-state index is -3.82. The summed E-state index contributed by atoms with van der Waals surface area (Å²) in [7, 11) is -7.63. The Morgan fingerprint density at radius 1 is 0.889 bits per heavy atom. The molecule has 0 heterocycles. The van der Waals surface area contributed by atoms with E-state index in [1.807, 2.05) is 0 Å². The first-order chi connectivity index (χ1) is 8.33. The predicted octanol–water partition coefficient (Wildman–Crippen LogP) is 0.281. The van der Waals surface area contributed by atoms with E-state index >= 15 is 0 Å². The normalized spacial score (nSPS) is 11.4. The van der Waals surface area contributed by atoms with Gasteiger partial charge >= 0.3 is 0 Å². The van der Waals surface area contributed by atoms with Gasteiger partial charge in [0.2, 0.25) is 0 Å². The van der Waals surface area contributed by atoms with Crippen LogP contribution < -0.4 is 0 Å². The van der Waals surface area contributed by atoms with Crippen LogP contribution in [0.4, 0.5) is 0 Å². The van der Waals surface area contributed by atoms with E-state index in [4.69, 9.17) is 10.5 Å². The highest BCUT2D eigenvalue weighted by molar-refractivity contribution is 7.92. The summed E-state index contributed by atoms with van der Waals surface area (Å²) >= 11 is 0. The van der Waals surface area contributed by atoms with Gasteiger partial charge in [-0.1, -0.05) is 6.07 Å². The highest BCUT2D eigenvalue weighted by Crippen LogP contribution is 2.17. The first-order valence-electron chi connectivity index (χ1n) is 4.63. The summed E-state index contributed by atoms with van der Waals surface area (Å²) in [5.74, 6) is -1.45. The molecule has 0 unspecified atom stereocenters. The van der Waals surface area contributed by atoms with Gasteiger partial charge in [0.25, 0.3) is 0 Å². The van der Waals surface area contributed by atoms with Crippen molar-refractivity contribution in [3.63, 3.8) is 0 Å². The Kier molecular flexibility index (Phi) is 4.07. The number of hydrogen-bond acceptors (Lipinski definition) is 6. The summed E-state index contributed by atoms with van der Waals surface area (Å²) in [6.07, 6.45) is 0. The number of hydrogen-bond donors (Lipinski definition) is 0. The van der Waals surface area contributed by atoms with Gasteiger partial charge in [0.1, 0.15) is 11.5 Å². The summed E-state index contributed by atoms with van der Waals surface area (Å²) in [5.41, 5.74) is 0. The Hall–Kier alpha value is -1.90. The quantitative estimate of drug-likeness (QED) is 0.784. The monoisotopic (exact) mass is 284 g/mol. The summed E-state index contributed by atoms with van der Waals surface area (Å²) in [6, 6.07) is 7.63. The standard InChI is InChI=1S/C10H8N2O4S2/c11-4-6-17(13,14)9-2-1-3-10(8-9)18(15,16)7-5-12/h1-3,8H,6-7H2. The van der Waals surface area contributed by atoms with Crippen molar-refractivity contribution >= 4 is 19.7 Å². The van der Waals surface area contributed by atoms with Crippen molar-refractivity contribution in [2.45, 2.75) is 9.79 Å². The third-order valence-corrected chi connectivity index (χ3v) is 5.00. The molecule has 0 fully saturated rings. The van der Waals surface area contributed by atoms with E-state index in [0.717, 1.165) is 6.07 Å². The largest absolute Gasteiger partial charge is 0.223 e. The molecular formula is C10H8N2O4S2. The molecule has 0 atom stereocenters. The molecule has 0 aliphatic heterocycles. The molecule has 0 aromatic heterocycles. The van der Waals surface area contributed by atoms with E-state index in [1.54, 1.807) is 0 Å². The van der Waals surface area contributed by atoms with Gasteiger partial charge in [0.05, 0.1) is 21.9 Å². The lowest BCUT2D eigenvalue weighted by atomic mass is 10.4. The maximum Gasteiger partial charge on any atom is 0.191 e. The molecule has 6 nitrogen and oxygen atoms in total. The second-order valence-electron chi connectivity index (χ2n) is 3.31. The average Bonchev–Trinajstić information content (AvgIpc) is 2.29. The van der Waals surface area contributed by atoms with E-state index in [1.165, 1.54) is 30.3 Å². The fraction of sp³-hybridized carbons (Fsp3) is 0.200. The zero-order valence-corrected chi connectivity index (χ0v) is 10.7. The van der Waals surface area contributed by atoms with Crippen LogP contribution in [0.1, 0.15) is 0 Å². The highest BCUT2D eigenvalue weighted by Gasteiger charge is 2.19. The molecule has 8 heteroatoms. The first kappa shape index (κ1) is 14.2. The van der Waals surface area contributed by atoms with Crippen LogP contribution in [0.25, 0.3) is 0 Å². The molecule has 0 saturated heterocycles. The molecule has 0 bridgehead atoms. The summed E-state index contributed by atoms with van der Waals surface area (Å²) in [6.45, 7) is 0. The topological polar surface area (TPSA) is 116 Å². The second kappa shape index (κ2) is 5.17. The summed E-state index contributed by atoms with van der Waals surface area (Å²) < 4.78 is 46.3. The molecule has 18 heavy (non-hydrogen) atoms. The molecule has 0 spiro atoms. The summed E-state index contributed by atoms with van der Waals surface area (Å²) in [5, 5.41) is 16.8. The van der Waals surface area contributed by atoms with E-state index in [2.05, 4.69) is 0 Å². The molecule has 0 aliphatic carbocycles. The number of rotatable bonds is 4. The van der Waals surface area contributed by atoms with Crippen molar-refractivity contribution in [3.05, 3.63) is 24.3 Å². The molecule has 0 aliphatic rings. The van der Waals surface area contributed by atoms with Crippen LogP contribution >= 0.6 is 0 Å². The van der Waals surface area contributed by atoms with E-state index in [0.29, 0.717) is 0 Å². The Labute approximate surface area is 105 Å². The average molecular weight is 284 g/mol. The molecule has 1 rings (SSSR count). The Bertz CT molecular complexity index is 676. The number of benzene rings is 1. The number of nitriles is 2. The Morgan fingerprint density at radius 3 is 1.61 bits per heavy atom. The smallest absolute Gasteiger partial charge is 0.191 e. The van der Waals surface area contributed by atoms with Crippen LogP contribution in [0, 0.1) is 22.7 Å². The zero-order valence-electron chi connectivity index (χ0n) is 9.07.